The molecule has 562 valence electrons. The standard InChI is InChI=1S/C24H40N2O2.C24H38O3.C21H32O3.C18H30N2O/c1-4-5-6-9-12-23(27)25-17-10-7-8-11-18-26-24(28)22-15-13-21(14-16-22)19-20(2)3;1-4-5-6-7-10-23(25)11-8-17-27-18-9-12-24(26)22-15-13-21(14-16-22)19-20(2)3;1-4-7-20(22)8-5-14-24-15-6-9-21(23)19-12-10-18(11-13-19)16-17(2)3;1-15(2)14-16-8-10-17(11-9-16)18(21)20-13-7-5-4-6-12-19-3/h13-16,20H,4-12,17-19H2,1-3H3,(H,25,27)(H,26,28);13-16,20H,4-12,17-19H2,1-3H3;10-13,17H,4-9,14-16H2,1-3H3;8-11,15,19H,4-7,12-14H2,1-3H3,(H,20,21). The van der Waals surface area contributed by atoms with Crippen molar-refractivity contribution < 1.29 is 43.0 Å². The van der Waals surface area contributed by atoms with Gasteiger partial charge in [-0.15, -0.1) is 0 Å². The summed E-state index contributed by atoms with van der Waals surface area (Å²) in [5, 5.41) is 12.1. The molecule has 0 atom stereocenters. The number of unbranched alkanes of at least 4 members (excludes halogenated alkanes) is 12. The van der Waals surface area contributed by atoms with E-state index in [-0.39, 0.29) is 29.3 Å². The number of hydrogen-bond donors (Lipinski definition) is 4. The number of carbonyl (C=O) groups excluding carboxylic acids is 7. The molecule has 4 rings (SSSR count). The highest BCUT2D eigenvalue weighted by atomic mass is 16.5. The summed E-state index contributed by atoms with van der Waals surface area (Å²) in [5.74, 6) is 3.77. The highest BCUT2D eigenvalue weighted by Gasteiger charge is 2.12. The van der Waals surface area contributed by atoms with E-state index in [2.05, 4.69) is 127 Å². The minimum absolute atomic E-state index is 0.00596. The Kier molecular flexibility index (Phi) is 56.5. The predicted molar refractivity (Wildman–Crippen MR) is 418 cm³/mol. The lowest BCUT2D eigenvalue weighted by Gasteiger charge is -2.08. The van der Waals surface area contributed by atoms with Gasteiger partial charge in [0.2, 0.25) is 5.91 Å². The van der Waals surface area contributed by atoms with Crippen LogP contribution < -0.4 is 21.3 Å². The number of nitrogens with one attached hydrogen (secondary N) is 4. The van der Waals surface area contributed by atoms with Gasteiger partial charge in [0.05, 0.1) is 0 Å². The van der Waals surface area contributed by atoms with Crippen molar-refractivity contribution in [1.29, 1.82) is 0 Å². The van der Waals surface area contributed by atoms with E-state index in [0.29, 0.717) is 113 Å². The molecule has 0 aliphatic rings. The molecule has 13 nitrogen and oxygen atoms in total. The van der Waals surface area contributed by atoms with Gasteiger partial charge in [-0.25, -0.2) is 0 Å². The smallest absolute Gasteiger partial charge is 0.251 e. The topological polar surface area (TPSA) is 186 Å². The van der Waals surface area contributed by atoms with Crippen LogP contribution >= 0.6 is 0 Å². The maximum atomic E-state index is 12.2. The Morgan fingerprint density at radius 1 is 0.300 bits per heavy atom. The molecule has 4 aromatic rings. The first-order valence-corrected chi connectivity index (χ1v) is 39.3. The molecule has 0 radical (unpaired) electrons. The van der Waals surface area contributed by atoms with E-state index in [9.17, 15) is 33.6 Å². The van der Waals surface area contributed by atoms with Crippen molar-refractivity contribution in [3.8, 4) is 0 Å². The maximum absolute atomic E-state index is 12.2. The van der Waals surface area contributed by atoms with Gasteiger partial charge in [0, 0.05) is 113 Å². The SMILES string of the molecule is CCCC(=O)CCCOCCCC(=O)c1ccc(CC(C)C)cc1.CCCCCCC(=O)CCCOCCCC(=O)c1ccc(CC(C)C)cc1.CCCCCCC(=O)NCCCCCCNC(=O)c1ccc(CC(C)C)cc1.CNCCCCCCNC(=O)c1ccc(CC(C)C)cc1. The molecule has 0 saturated heterocycles. The molecule has 0 saturated carbocycles. The van der Waals surface area contributed by atoms with Gasteiger partial charge in [0.1, 0.15) is 11.6 Å². The van der Waals surface area contributed by atoms with E-state index in [0.717, 1.165) is 157 Å². The quantitative estimate of drug-likeness (QED) is 0.0245. The highest BCUT2D eigenvalue weighted by molar-refractivity contribution is 5.97. The zero-order valence-corrected chi connectivity index (χ0v) is 65.0. The normalized spacial score (nSPS) is 11.0. The third-order valence-corrected chi connectivity index (χ3v) is 16.9. The van der Waals surface area contributed by atoms with Crippen LogP contribution in [-0.4, -0.2) is 101 Å². The zero-order chi connectivity index (χ0) is 73.8. The second kappa shape index (κ2) is 61.5. The van der Waals surface area contributed by atoms with Gasteiger partial charge < -0.3 is 30.7 Å². The van der Waals surface area contributed by atoms with E-state index >= 15 is 0 Å². The Morgan fingerprint density at radius 3 is 0.920 bits per heavy atom. The average Bonchev–Trinajstić information content (AvgIpc) is 1.04. The van der Waals surface area contributed by atoms with Crippen LogP contribution in [0.15, 0.2) is 97.1 Å². The molecule has 0 aromatic heterocycles. The van der Waals surface area contributed by atoms with Gasteiger partial charge in [0.25, 0.3) is 11.8 Å². The number of rotatable bonds is 54. The molecular formula is C87H140N4O9. The van der Waals surface area contributed by atoms with Crippen LogP contribution in [0.3, 0.4) is 0 Å². The van der Waals surface area contributed by atoms with Gasteiger partial charge in [-0.1, -0.05) is 213 Å². The summed E-state index contributed by atoms with van der Waals surface area (Å²) in [7, 11) is 1.98. The van der Waals surface area contributed by atoms with Crippen molar-refractivity contribution in [2.24, 2.45) is 23.7 Å². The Bertz CT molecular complexity index is 2720. The minimum Gasteiger partial charge on any atom is -0.381 e. The van der Waals surface area contributed by atoms with Crippen LogP contribution in [0.25, 0.3) is 0 Å². The van der Waals surface area contributed by atoms with Crippen molar-refractivity contribution in [3.05, 3.63) is 142 Å². The largest absolute Gasteiger partial charge is 0.381 e. The molecule has 4 aromatic carbocycles. The highest BCUT2D eigenvalue weighted by Crippen LogP contribution is 2.17. The van der Waals surface area contributed by atoms with E-state index in [1.54, 1.807) is 0 Å². The lowest BCUT2D eigenvalue weighted by Crippen LogP contribution is -2.25. The Balaban J connectivity index is 0.000000670. The van der Waals surface area contributed by atoms with Crippen LogP contribution in [0.2, 0.25) is 0 Å². The second-order valence-corrected chi connectivity index (χ2v) is 28.9. The lowest BCUT2D eigenvalue weighted by molar-refractivity contribution is -0.121. The van der Waals surface area contributed by atoms with Gasteiger partial charge in [-0.2, -0.15) is 0 Å². The number of benzene rings is 4. The first kappa shape index (κ1) is 91.9. The zero-order valence-electron chi connectivity index (χ0n) is 65.0. The molecule has 0 spiro atoms. The summed E-state index contributed by atoms with van der Waals surface area (Å²) in [4.78, 5) is 83.2. The molecule has 0 aliphatic carbocycles. The van der Waals surface area contributed by atoms with Crippen molar-refractivity contribution in [2.45, 2.75) is 282 Å². The van der Waals surface area contributed by atoms with Gasteiger partial charge in [-0.3, -0.25) is 33.6 Å². The number of Topliss-reactive ketones (excluding diaryl/α,β-unsaturated/α-hetero) is 4. The maximum Gasteiger partial charge on any atom is 0.251 e. The van der Waals surface area contributed by atoms with Gasteiger partial charge >= 0.3 is 0 Å². The molecule has 0 aliphatic heterocycles. The summed E-state index contributed by atoms with van der Waals surface area (Å²) >= 11 is 0. The summed E-state index contributed by atoms with van der Waals surface area (Å²) in [5.41, 5.74) is 8.20. The van der Waals surface area contributed by atoms with Gasteiger partial charge in [0.15, 0.2) is 11.6 Å². The Hall–Kier alpha value is -6.15. The number of ether oxygens (including phenoxy) is 2. The van der Waals surface area contributed by atoms with Crippen molar-refractivity contribution in [2.75, 3.05) is 59.7 Å². The summed E-state index contributed by atoms with van der Waals surface area (Å²) in [6, 6.07) is 31.9. The number of amides is 3. The third kappa shape index (κ3) is 51.9. The predicted octanol–water partition coefficient (Wildman–Crippen LogP) is 19.9. The third-order valence-electron chi connectivity index (χ3n) is 16.9. The summed E-state index contributed by atoms with van der Waals surface area (Å²) < 4.78 is 11.1. The molecular weight excluding hydrogens is 1240 g/mol. The monoisotopic (exact) mass is 1390 g/mol. The average molecular weight is 1390 g/mol. The fourth-order valence-electron chi connectivity index (χ4n) is 11.3. The molecule has 0 heterocycles. The van der Waals surface area contributed by atoms with E-state index in [4.69, 9.17) is 9.47 Å². The van der Waals surface area contributed by atoms with Gasteiger partial charge in [-0.05, 0) is 180 Å². The summed E-state index contributed by atoms with van der Waals surface area (Å²) in [6.45, 7) is 29.7. The molecule has 13 heteroatoms. The van der Waals surface area contributed by atoms with Crippen LogP contribution in [0.1, 0.15) is 320 Å². The van der Waals surface area contributed by atoms with Crippen LogP contribution in [-0.2, 0) is 49.5 Å². The van der Waals surface area contributed by atoms with Crippen molar-refractivity contribution in [3.63, 3.8) is 0 Å². The van der Waals surface area contributed by atoms with E-state index in [1.165, 1.54) is 67.2 Å². The Labute approximate surface area is 608 Å². The Morgan fingerprint density at radius 2 is 0.590 bits per heavy atom. The molecule has 0 unspecified atom stereocenters. The fourth-order valence-corrected chi connectivity index (χ4v) is 11.3. The lowest BCUT2D eigenvalue weighted by atomic mass is 10.00. The molecule has 3 amide bonds. The minimum atomic E-state index is 0.00596. The van der Waals surface area contributed by atoms with E-state index < -0.39 is 0 Å². The second-order valence-electron chi connectivity index (χ2n) is 28.9. The molecule has 0 fully saturated rings. The summed E-state index contributed by atoms with van der Waals surface area (Å²) in [6.07, 6.45) is 30.4. The fraction of sp³-hybridized carbons (Fsp3) is 0.644. The molecule has 100 heavy (non-hydrogen) atoms. The number of hydrogen-bond acceptors (Lipinski definition) is 10. The van der Waals surface area contributed by atoms with Crippen LogP contribution in [0.4, 0.5) is 0 Å². The van der Waals surface area contributed by atoms with Crippen LogP contribution in [0, 0.1) is 23.7 Å². The molecule has 4 N–H and O–H groups in total. The van der Waals surface area contributed by atoms with E-state index in [1.807, 2.05) is 74.6 Å². The van der Waals surface area contributed by atoms with Crippen molar-refractivity contribution >= 4 is 40.9 Å². The van der Waals surface area contributed by atoms with Crippen LogP contribution in [0.5, 0.6) is 0 Å². The number of ketones is 4. The molecule has 0 bridgehead atoms. The first-order valence-electron chi connectivity index (χ1n) is 39.3. The van der Waals surface area contributed by atoms with Crippen molar-refractivity contribution in [1.82, 2.24) is 21.3 Å². The number of carbonyl (C=O) groups is 7. The first-order chi connectivity index (χ1) is 48.2.